The largest absolute Gasteiger partial charge is 0.507 e. The molecule has 6 aromatic rings. The first-order valence-electron chi connectivity index (χ1n) is 15.5. The molecule has 0 amide bonds. The Balaban J connectivity index is 0.000000191. The molecule has 0 aliphatic rings. The number of aliphatic carboxylic acids is 1. The van der Waals surface area contributed by atoms with Crippen molar-refractivity contribution in [3.05, 3.63) is 152 Å². The van der Waals surface area contributed by atoms with Gasteiger partial charge in [-0.3, -0.25) is 9.59 Å². The molecule has 10 nitrogen and oxygen atoms in total. The maximum Gasteiger partial charge on any atom is 0.343 e. The highest BCUT2D eigenvalue weighted by molar-refractivity contribution is 5.85. The molecule has 0 radical (unpaired) electrons. The summed E-state index contributed by atoms with van der Waals surface area (Å²) in [6.07, 6.45) is 0.616. The molecular weight excluding hydrogens is 628 g/mol. The van der Waals surface area contributed by atoms with Crippen LogP contribution < -0.4 is 11.3 Å². The monoisotopic (exact) mass is 662 g/mol. The average Bonchev–Trinajstić information content (AvgIpc) is 3.11. The summed E-state index contributed by atoms with van der Waals surface area (Å²) in [5, 5.41) is 31.2. The van der Waals surface area contributed by atoms with Gasteiger partial charge in [-0.25, -0.2) is 9.59 Å². The molecule has 0 fully saturated rings. The van der Waals surface area contributed by atoms with Crippen molar-refractivity contribution in [3.8, 4) is 11.5 Å². The predicted molar refractivity (Wildman–Crippen MR) is 183 cm³/mol. The van der Waals surface area contributed by atoms with E-state index >= 15 is 0 Å². The van der Waals surface area contributed by atoms with Crippen LogP contribution in [0, 0.1) is 11.8 Å². The first-order valence-corrected chi connectivity index (χ1v) is 15.5. The lowest BCUT2D eigenvalue weighted by molar-refractivity contribution is -0.145. The maximum atomic E-state index is 12.3. The number of carboxylic acids is 1. The molecule has 2 aromatic heterocycles. The molecule has 6 rings (SSSR count). The van der Waals surface area contributed by atoms with Crippen molar-refractivity contribution < 1.29 is 38.5 Å². The lowest BCUT2D eigenvalue weighted by atomic mass is 9.92. The number of carbonyl (C=O) groups is 2. The Bertz CT molecular complexity index is 2190. The van der Waals surface area contributed by atoms with Crippen molar-refractivity contribution in [1.82, 2.24) is 0 Å². The zero-order valence-corrected chi connectivity index (χ0v) is 26.6. The molecule has 2 heterocycles. The number of carboxylic acid groups (broad SMARTS) is 1. The smallest absolute Gasteiger partial charge is 0.343 e. The molecule has 0 bridgehead atoms. The maximum absolute atomic E-state index is 12.3. The third-order valence-electron chi connectivity index (χ3n) is 8.19. The highest BCUT2D eigenvalue weighted by Gasteiger charge is 2.26. The van der Waals surface area contributed by atoms with E-state index in [0.29, 0.717) is 22.8 Å². The first-order chi connectivity index (χ1) is 23.7. The Morgan fingerprint density at radius 2 is 0.980 bits per heavy atom. The lowest BCUT2D eigenvalue weighted by Gasteiger charge is -2.15. The fourth-order valence-corrected chi connectivity index (χ4v) is 5.65. The molecule has 0 aliphatic heterocycles. The Morgan fingerprint density at radius 1 is 0.592 bits per heavy atom. The predicted octanol–water partition coefficient (Wildman–Crippen LogP) is 6.06. The van der Waals surface area contributed by atoms with Gasteiger partial charge in [-0.2, -0.15) is 0 Å². The van der Waals surface area contributed by atoms with Crippen molar-refractivity contribution in [3.63, 3.8) is 0 Å². The van der Waals surface area contributed by atoms with Crippen molar-refractivity contribution in [2.24, 2.45) is 11.8 Å². The van der Waals surface area contributed by atoms with E-state index in [-0.39, 0.29) is 47.5 Å². The van der Waals surface area contributed by atoms with Crippen LogP contribution in [-0.4, -0.2) is 34.4 Å². The topological polar surface area (TPSA) is 164 Å². The van der Waals surface area contributed by atoms with Crippen LogP contribution in [0.4, 0.5) is 0 Å². The van der Waals surface area contributed by atoms with E-state index in [9.17, 15) is 34.5 Å². The van der Waals surface area contributed by atoms with Crippen LogP contribution in [0.5, 0.6) is 11.5 Å². The van der Waals surface area contributed by atoms with Crippen LogP contribution in [0.3, 0.4) is 0 Å². The van der Waals surface area contributed by atoms with Crippen molar-refractivity contribution >= 4 is 33.9 Å². The van der Waals surface area contributed by atoms with E-state index in [2.05, 4.69) is 0 Å². The molecule has 2 unspecified atom stereocenters. The van der Waals surface area contributed by atoms with Gasteiger partial charge in [0, 0.05) is 0 Å². The average molecular weight is 663 g/mol. The second kappa shape index (κ2) is 15.6. The van der Waals surface area contributed by atoms with Gasteiger partial charge in [-0.05, 0) is 61.1 Å². The number of para-hydroxylation sites is 2. The minimum atomic E-state index is -1.02. The van der Waals surface area contributed by atoms with E-state index in [1.54, 1.807) is 48.5 Å². The Labute approximate surface area is 280 Å². The van der Waals surface area contributed by atoms with E-state index in [0.717, 1.165) is 11.1 Å². The number of carbonyl (C=O) groups excluding carboxylic acids is 1. The second-order valence-corrected chi connectivity index (χ2v) is 11.5. The molecule has 3 N–H and O–H groups in total. The molecule has 250 valence electrons. The van der Waals surface area contributed by atoms with Gasteiger partial charge in [-0.15, -0.1) is 0 Å². The molecule has 10 heteroatoms. The van der Waals surface area contributed by atoms with Gasteiger partial charge in [0.05, 0.1) is 40.8 Å². The van der Waals surface area contributed by atoms with E-state index in [4.69, 9.17) is 13.6 Å². The number of fused-ring (bicyclic) bond motifs is 2. The second-order valence-electron chi connectivity index (χ2n) is 11.5. The van der Waals surface area contributed by atoms with E-state index < -0.39 is 35.0 Å². The van der Waals surface area contributed by atoms with Crippen molar-refractivity contribution in [1.29, 1.82) is 0 Å². The van der Waals surface area contributed by atoms with Gasteiger partial charge in [0.25, 0.3) is 0 Å². The summed E-state index contributed by atoms with van der Waals surface area (Å²) in [5.41, 5.74) is 1.13. The normalized spacial score (nSPS) is 12.1. The number of methoxy groups -OCH3 is 1. The summed E-state index contributed by atoms with van der Waals surface area (Å²) in [5.74, 6) is -3.23. The number of ether oxygens (including phenoxy) is 1. The number of aromatic hydroxyl groups is 2. The molecule has 49 heavy (non-hydrogen) atoms. The SMILES string of the molecule is COC(=O)C(Cc1ccccc1)Cc1c(O)c2ccccc2oc1=O.O=C(O)C(Cc1ccccc1)Cc1c(O)c2ccccc2oc1=O. The fourth-order valence-electron chi connectivity index (χ4n) is 5.65. The molecule has 2 atom stereocenters. The molecule has 0 aliphatic carbocycles. The molecular formula is C39H34O10. The molecule has 4 aromatic carbocycles. The van der Waals surface area contributed by atoms with Gasteiger partial charge >= 0.3 is 23.2 Å². The fraction of sp³-hybridized carbons (Fsp3) is 0.179. The zero-order valence-electron chi connectivity index (χ0n) is 26.6. The van der Waals surface area contributed by atoms with Gasteiger partial charge < -0.3 is 28.9 Å². The molecule has 0 spiro atoms. The van der Waals surface area contributed by atoms with E-state index in [1.165, 1.54) is 7.11 Å². The summed E-state index contributed by atoms with van der Waals surface area (Å²) in [6, 6.07) is 32.0. The van der Waals surface area contributed by atoms with Crippen LogP contribution in [-0.2, 0) is 40.0 Å². The first kappa shape index (κ1) is 34.2. The number of benzene rings is 4. The van der Waals surface area contributed by atoms with Gasteiger partial charge in [0.2, 0.25) is 0 Å². The summed E-state index contributed by atoms with van der Waals surface area (Å²) < 4.78 is 15.3. The van der Waals surface area contributed by atoms with Gasteiger partial charge in [-0.1, -0.05) is 84.9 Å². The minimum Gasteiger partial charge on any atom is -0.507 e. The zero-order chi connectivity index (χ0) is 34.9. The molecule has 0 saturated carbocycles. The third-order valence-corrected chi connectivity index (χ3v) is 8.19. The van der Waals surface area contributed by atoms with E-state index in [1.807, 2.05) is 60.7 Å². The highest BCUT2D eigenvalue weighted by atomic mass is 16.5. The van der Waals surface area contributed by atoms with Crippen LogP contribution in [0.15, 0.2) is 128 Å². The van der Waals surface area contributed by atoms with Crippen LogP contribution in [0.25, 0.3) is 21.9 Å². The Morgan fingerprint density at radius 3 is 1.41 bits per heavy atom. The van der Waals surface area contributed by atoms with Crippen LogP contribution in [0.1, 0.15) is 22.3 Å². The lowest BCUT2D eigenvalue weighted by Crippen LogP contribution is -2.24. The van der Waals surface area contributed by atoms with Gasteiger partial charge in [0.15, 0.2) is 0 Å². The Hall–Kier alpha value is -6.16. The van der Waals surface area contributed by atoms with Crippen molar-refractivity contribution in [2.75, 3.05) is 7.11 Å². The number of hydrogen-bond acceptors (Lipinski definition) is 9. The minimum absolute atomic E-state index is 0.00275. The summed E-state index contributed by atoms with van der Waals surface area (Å²) in [6.45, 7) is 0. The molecule has 0 saturated heterocycles. The summed E-state index contributed by atoms with van der Waals surface area (Å²) >= 11 is 0. The summed E-state index contributed by atoms with van der Waals surface area (Å²) in [4.78, 5) is 48.2. The van der Waals surface area contributed by atoms with Crippen LogP contribution in [0.2, 0.25) is 0 Å². The van der Waals surface area contributed by atoms with Crippen LogP contribution >= 0.6 is 0 Å². The summed E-state index contributed by atoms with van der Waals surface area (Å²) in [7, 11) is 1.31. The number of esters is 1. The van der Waals surface area contributed by atoms with Gasteiger partial charge in [0.1, 0.15) is 22.7 Å². The quantitative estimate of drug-likeness (QED) is 0.116. The third kappa shape index (κ3) is 8.23. The number of rotatable bonds is 10. The highest BCUT2D eigenvalue weighted by Crippen LogP contribution is 2.30. The van der Waals surface area contributed by atoms with Crippen molar-refractivity contribution in [2.45, 2.75) is 25.7 Å². The number of hydrogen-bond donors (Lipinski definition) is 3. The Kier molecular flexibility index (Phi) is 10.9. The standard InChI is InChI=1S/C20H18O5.C19H16O5/c1-24-19(22)14(11-13-7-3-2-4-8-13)12-16-18(21)15-9-5-6-10-17(15)25-20(16)23;20-17-14-8-4-5-9-16(14)24-19(23)15(17)11-13(18(21)22)10-12-6-2-1-3-7-12/h2-10,14,21H,11-12H2,1H3;1-9,13,20H,10-11H2,(H,21,22).